The van der Waals surface area contributed by atoms with E-state index in [0.29, 0.717) is 6.42 Å². The zero-order chi connectivity index (χ0) is 12.6. The van der Waals surface area contributed by atoms with Crippen LogP contribution in [0.1, 0.15) is 59.8 Å². The van der Waals surface area contributed by atoms with Gasteiger partial charge in [0, 0.05) is 25.0 Å². The number of hydrogen-bond acceptors (Lipinski definition) is 2. The van der Waals surface area contributed by atoms with E-state index in [1.54, 1.807) is 0 Å². The molecule has 3 nitrogen and oxygen atoms in total. The average molecular weight is 228 g/mol. The fourth-order valence-corrected chi connectivity index (χ4v) is 1.56. The first-order valence-electron chi connectivity index (χ1n) is 6.47. The molecule has 96 valence electrons. The predicted octanol–water partition coefficient (Wildman–Crippen LogP) is 2.54. The van der Waals surface area contributed by atoms with Crippen molar-refractivity contribution in [1.29, 1.82) is 0 Å². The Morgan fingerprint density at radius 3 is 1.88 bits per heavy atom. The summed E-state index contributed by atoms with van der Waals surface area (Å²) in [4.78, 5) is 14.0. The van der Waals surface area contributed by atoms with E-state index in [2.05, 4.69) is 13.8 Å². The van der Waals surface area contributed by atoms with E-state index in [1.807, 2.05) is 18.7 Å². The summed E-state index contributed by atoms with van der Waals surface area (Å²) in [5.74, 6) is 0.203. The van der Waals surface area contributed by atoms with Crippen molar-refractivity contribution in [3.8, 4) is 0 Å². The number of unbranched alkanes of at least 4 members (excludes halogenated alkanes) is 2. The van der Waals surface area contributed by atoms with Crippen molar-refractivity contribution in [2.24, 2.45) is 5.73 Å². The van der Waals surface area contributed by atoms with Crippen LogP contribution in [0.3, 0.4) is 0 Å². The van der Waals surface area contributed by atoms with Crippen LogP contribution >= 0.6 is 0 Å². The van der Waals surface area contributed by atoms with Crippen LogP contribution in [0.4, 0.5) is 0 Å². The van der Waals surface area contributed by atoms with Gasteiger partial charge in [0.2, 0.25) is 5.91 Å². The van der Waals surface area contributed by atoms with Gasteiger partial charge in [-0.3, -0.25) is 4.79 Å². The molecule has 1 amide bonds. The third kappa shape index (κ3) is 7.69. The van der Waals surface area contributed by atoms with Gasteiger partial charge in [-0.15, -0.1) is 0 Å². The quantitative estimate of drug-likeness (QED) is 0.694. The summed E-state index contributed by atoms with van der Waals surface area (Å²) in [5, 5.41) is 0. The monoisotopic (exact) mass is 228 g/mol. The van der Waals surface area contributed by atoms with E-state index >= 15 is 0 Å². The van der Waals surface area contributed by atoms with E-state index in [9.17, 15) is 4.79 Å². The van der Waals surface area contributed by atoms with Gasteiger partial charge in [0.15, 0.2) is 0 Å². The SMILES string of the molecule is CCCCN(CCCC)C(=O)CC(C)(C)N. The van der Waals surface area contributed by atoms with Crippen molar-refractivity contribution < 1.29 is 4.79 Å². The first-order chi connectivity index (χ1) is 7.40. The molecule has 0 spiro atoms. The molecule has 0 aliphatic heterocycles. The van der Waals surface area contributed by atoms with Crippen LogP contribution in [0.5, 0.6) is 0 Å². The number of rotatable bonds is 8. The topological polar surface area (TPSA) is 46.3 Å². The first-order valence-corrected chi connectivity index (χ1v) is 6.47. The predicted molar refractivity (Wildman–Crippen MR) is 69.3 cm³/mol. The molecule has 0 saturated carbocycles. The lowest BCUT2D eigenvalue weighted by Gasteiger charge is -2.26. The zero-order valence-electron chi connectivity index (χ0n) is 11.4. The van der Waals surface area contributed by atoms with Crippen LogP contribution in [0.2, 0.25) is 0 Å². The number of carbonyl (C=O) groups is 1. The molecule has 16 heavy (non-hydrogen) atoms. The van der Waals surface area contributed by atoms with E-state index in [-0.39, 0.29) is 5.91 Å². The molecule has 0 aliphatic carbocycles. The molecule has 0 aliphatic rings. The highest BCUT2D eigenvalue weighted by Gasteiger charge is 2.20. The van der Waals surface area contributed by atoms with E-state index < -0.39 is 5.54 Å². The standard InChI is InChI=1S/C13H28N2O/c1-5-7-9-15(10-8-6-2)12(16)11-13(3,4)14/h5-11,14H2,1-4H3. The second-order valence-corrected chi connectivity index (χ2v) is 5.25. The number of hydrogen-bond donors (Lipinski definition) is 1. The Morgan fingerprint density at radius 1 is 1.12 bits per heavy atom. The van der Waals surface area contributed by atoms with E-state index in [1.165, 1.54) is 0 Å². The fourth-order valence-electron chi connectivity index (χ4n) is 1.56. The molecular formula is C13H28N2O. The molecule has 0 bridgehead atoms. The number of nitrogens with two attached hydrogens (primary N) is 1. The average Bonchev–Trinajstić information content (AvgIpc) is 2.15. The minimum Gasteiger partial charge on any atom is -0.343 e. The van der Waals surface area contributed by atoms with Crippen LogP contribution in [0, 0.1) is 0 Å². The zero-order valence-corrected chi connectivity index (χ0v) is 11.4. The van der Waals surface area contributed by atoms with Crippen molar-refractivity contribution in [2.45, 2.75) is 65.3 Å². The van der Waals surface area contributed by atoms with Gasteiger partial charge in [-0.05, 0) is 26.7 Å². The summed E-state index contributed by atoms with van der Waals surface area (Å²) in [6.45, 7) is 9.87. The minimum absolute atomic E-state index is 0.203. The van der Waals surface area contributed by atoms with Crippen LogP contribution in [0.15, 0.2) is 0 Å². The normalized spacial score (nSPS) is 11.6. The molecule has 0 aromatic carbocycles. The van der Waals surface area contributed by atoms with Crippen LogP contribution in [-0.2, 0) is 4.79 Å². The van der Waals surface area contributed by atoms with Gasteiger partial charge in [0.1, 0.15) is 0 Å². The van der Waals surface area contributed by atoms with Gasteiger partial charge in [-0.1, -0.05) is 26.7 Å². The molecule has 0 heterocycles. The number of amides is 1. The van der Waals surface area contributed by atoms with Crippen LogP contribution in [-0.4, -0.2) is 29.4 Å². The minimum atomic E-state index is -0.395. The van der Waals surface area contributed by atoms with Gasteiger partial charge < -0.3 is 10.6 Å². The Balaban J connectivity index is 4.19. The second kappa shape index (κ2) is 7.66. The fraction of sp³-hybridized carbons (Fsp3) is 0.923. The molecule has 0 rings (SSSR count). The molecule has 0 aromatic rings. The van der Waals surface area contributed by atoms with Crippen LogP contribution in [0.25, 0.3) is 0 Å². The highest BCUT2D eigenvalue weighted by molar-refractivity contribution is 5.77. The summed E-state index contributed by atoms with van der Waals surface area (Å²) >= 11 is 0. The number of carbonyl (C=O) groups excluding carboxylic acids is 1. The maximum absolute atomic E-state index is 12.0. The molecule has 0 unspecified atom stereocenters. The lowest BCUT2D eigenvalue weighted by molar-refractivity contribution is -0.132. The Labute approximate surface area is 100 Å². The van der Waals surface area contributed by atoms with Gasteiger partial charge >= 0.3 is 0 Å². The molecule has 2 N–H and O–H groups in total. The molecule has 0 saturated heterocycles. The summed E-state index contributed by atoms with van der Waals surface area (Å²) in [7, 11) is 0. The summed E-state index contributed by atoms with van der Waals surface area (Å²) in [5.41, 5.74) is 5.49. The molecule has 0 aromatic heterocycles. The third-order valence-corrected chi connectivity index (χ3v) is 2.52. The largest absolute Gasteiger partial charge is 0.343 e. The maximum atomic E-state index is 12.0. The highest BCUT2D eigenvalue weighted by Crippen LogP contribution is 2.09. The van der Waals surface area contributed by atoms with Crippen molar-refractivity contribution in [2.75, 3.05) is 13.1 Å². The maximum Gasteiger partial charge on any atom is 0.224 e. The highest BCUT2D eigenvalue weighted by atomic mass is 16.2. The first kappa shape index (κ1) is 15.4. The molecule has 3 heteroatoms. The molecular weight excluding hydrogens is 200 g/mol. The summed E-state index contributed by atoms with van der Waals surface area (Å²) < 4.78 is 0. The summed E-state index contributed by atoms with van der Waals surface area (Å²) in [6, 6.07) is 0. The van der Waals surface area contributed by atoms with Crippen molar-refractivity contribution in [3.63, 3.8) is 0 Å². The molecule has 0 radical (unpaired) electrons. The third-order valence-electron chi connectivity index (χ3n) is 2.52. The van der Waals surface area contributed by atoms with Crippen LogP contribution < -0.4 is 5.73 Å². The Kier molecular flexibility index (Phi) is 7.39. The smallest absolute Gasteiger partial charge is 0.224 e. The Hall–Kier alpha value is -0.570. The molecule has 0 fully saturated rings. The van der Waals surface area contributed by atoms with Gasteiger partial charge in [-0.25, -0.2) is 0 Å². The van der Waals surface area contributed by atoms with Crippen molar-refractivity contribution >= 4 is 5.91 Å². The van der Waals surface area contributed by atoms with E-state index in [0.717, 1.165) is 38.8 Å². The van der Waals surface area contributed by atoms with Gasteiger partial charge in [0.25, 0.3) is 0 Å². The molecule has 0 atom stereocenters. The van der Waals surface area contributed by atoms with Gasteiger partial charge in [0.05, 0.1) is 0 Å². The number of nitrogens with zero attached hydrogens (tertiary/aromatic N) is 1. The van der Waals surface area contributed by atoms with E-state index in [4.69, 9.17) is 5.73 Å². The lowest BCUT2D eigenvalue weighted by atomic mass is 10.0. The van der Waals surface area contributed by atoms with Gasteiger partial charge in [-0.2, -0.15) is 0 Å². The van der Waals surface area contributed by atoms with Crippen molar-refractivity contribution in [3.05, 3.63) is 0 Å². The summed E-state index contributed by atoms with van der Waals surface area (Å²) in [6.07, 6.45) is 4.87. The second-order valence-electron chi connectivity index (χ2n) is 5.25. The Bertz CT molecular complexity index is 189. The lowest BCUT2D eigenvalue weighted by Crippen LogP contribution is -2.42. The van der Waals surface area contributed by atoms with Crippen molar-refractivity contribution in [1.82, 2.24) is 4.90 Å². The Morgan fingerprint density at radius 2 is 1.56 bits per heavy atom.